The van der Waals surface area contributed by atoms with Crippen molar-refractivity contribution in [3.8, 4) is 0 Å². The van der Waals surface area contributed by atoms with E-state index >= 15 is 0 Å². The first kappa shape index (κ1) is 12.0. The zero-order valence-electron chi connectivity index (χ0n) is 10.7. The Bertz CT molecular complexity index is 655. The quantitative estimate of drug-likeness (QED) is 0.735. The van der Waals surface area contributed by atoms with E-state index in [-0.39, 0.29) is 0 Å². The largest absolute Gasteiger partial charge is 0.469 e. The summed E-state index contributed by atoms with van der Waals surface area (Å²) >= 11 is 0. The molecule has 0 aliphatic carbocycles. The van der Waals surface area contributed by atoms with Crippen LogP contribution >= 0.6 is 0 Å². The van der Waals surface area contributed by atoms with Crippen molar-refractivity contribution in [2.45, 2.75) is 19.3 Å². The number of rotatable bonds is 5. The van der Waals surface area contributed by atoms with Crippen LogP contribution in [-0.2, 0) is 19.3 Å². The molecule has 3 N–H and O–H groups in total. The number of aromatic nitrogens is 2. The van der Waals surface area contributed by atoms with Gasteiger partial charge in [0, 0.05) is 12.8 Å². The first-order valence-electron chi connectivity index (χ1n) is 6.55. The molecule has 0 saturated carbocycles. The molecule has 3 rings (SSSR count). The van der Waals surface area contributed by atoms with Gasteiger partial charge in [-0.25, -0.2) is 4.98 Å². The Labute approximate surface area is 111 Å². The van der Waals surface area contributed by atoms with Gasteiger partial charge in [-0.3, -0.25) is 0 Å². The van der Waals surface area contributed by atoms with E-state index in [1.807, 2.05) is 18.2 Å². The van der Waals surface area contributed by atoms with Crippen LogP contribution in [0.2, 0.25) is 0 Å². The summed E-state index contributed by atoms with van der Waals surface area (Å²) in [6.45, 7) is 0.672. The second kappa shape index (κ2) is 5.28. The Morgan fingerprint density at radius 3 is 2.89 bits per heavy atom. The molecule has 0 spiro atoms. The number of hydrogen-bond acceptors (Lipinski definition) is 3. The Kier molecular flexibility index (Phi) is 3.33. The molecule has 0 aliphatic heterocycles. The molecule has 19 heavy (non-hydrogen) atoms. The van der Waals surface area contributed by atoms with Crippen molar-refractivity contribution in [2.24, 2.45) is 5.73 Å². The summed E-state index contributed by atoms with van der Waals surface area (Å²) in [5, 5.41) is 0. The molecule has 98 valence electrons. The van der Waals surface area contributed by atoms with Gasteiger partial charge in [0.1, 0.15) is 11.6 Å². The lowest BCUT2D eigenvalue weighted by Crippen LogP contribution is -2.02. The summed E-state index contributed by atoms with van der Waals surface area (Å²) in [6, 6.07) is 10.2. The van der Waals surface area contributed by atoms with E-state index in [0.29, 0.717) is 6.54 Å². The zero-order chi connectivity index (χ0) is 13.1. The summed E-state index contributed by atoms with van der Waals surface area (Å²) in [5.74, 6) is 1.99. The molecule has 0 fully saturated rings. The summed E-state index contributed by atoms with van der Waals surface area (Å²) in [7, 11) is 0. The number of nitrogens with one attached hydrogen (secondary N) is 1. The van der Waals surface area contributed by atoms with E-state index < -0.39 is 0 Å². The van der Waals surface area contributed by atoms with Crippen LogP contribution in [0.1, 0.15) is 17.1 Å². The lowest BCUT2D eigenvalue weighted by Gasteiger charge is -1.96. The molecular formula is C15H17N3O. The standard InChI is InChI=1S/C15H17N3O/c16-8-7-11-3-5-13-14(10-11)18-15(17-13)6-4-12-2-1-9-19-12/h1-3,5,9-10H,4,6-8,16H2,(H,17,18). The van der Waals surface area contributed by atoms with Crippen molar-refractivity contribution in [3.63, 3.8) is 0 Å². The van der Waals surface area contributed by atoms with Crippen LogP contribution in [0, 0.1) is 0 Å². The van der Waals surface area contributed by atoms with Crippen molar-refractivity contribution < 1.29 is 4.42 Å². The maximum atomic E-state index is 5.58. The van der Waals surface area contributed by atoms with E-state index in [1.165, 1.54) is 5.56 Å². The molecule has 2 aromatic heterocycles. The second-order valence-electron chi connectivity index (χ2n) is 4.65. The lowest BCUT2D eigenvalue weighted by atomic mass is 10.1. The van der Waals surface area contributed by atoms with E-state index in [4.69, 9.17) is 10.2 Å². The highest BCUT2D eigenvalue weighted by molar-refractivity contribution is 5.75. The molecule has 3 aromatic rings. The van der Waals surface area contributed by atoms with Crippen LogP contribution in [0.5, 0.6) is 0 Å². The smallest absolute Gasteiger partial charge is 0.107 e. The van der Waals surface area contributed by atoms with Crippen molar-refractivity contribution >= 4 is 11.0 Å². The number of aryl methyl sites for hydroxylation is 2. The van der Waals surface area contributed by atoms with Gasteiger partial charge in [0.05, 0.1) is 17.3 Å². The van der Waals surface area contributed by atoms with E-state index in [9.17, 15) is 0 Å². The third-order valence-corrected chi connectivity index (χ3v) is 3.22. The third kappa shape index (κ3) is 2.69. The molecule has 4 nitrogen and oxygen atoms in total. The predicted octanol–water partition coefficient (Wildman–Crippen LogP) is 2.44. The van der Waals surface area contributed by atoms with Gasteiger partial charge in [0.2, 0.25) is 0 Å². The molecule has 0 bridgehead atoms. The van der Waals surface area contributed by atoms with Gasteiger partial charge in [-0.2, -0.15) is 0 Å². The summed E-state index contributed by atoms with van der Waals surface area (Å²) in [5.41, 5.74) is 8.92. The fourth-order valence-corrected chi connectivity index (χ4v) is 2.25. The van der Waals surface area contributed by atoms with Crippen LogP contribution in [0.4, 0.5) is 0 Å². The number of benzene rings is 1. The Morgan fingerprint density at radius 2 is 2.11 bits per heavy atom. The molecule has 0 saturated heterocycles. The van der Waals surface area contributed by atoms with Crippen LogP contribution in [0.25, 0.3) is 11.0 Å². The van der Waals surface area contributed by atoms with Crippen LogP contribution in [-0.4, -0.2) is 16.5 Å². The van der Waals surface area contributed by atoms with Crippen LogP contribution in [0.15, 0.2) is 41.0 Å². The number of nitrogens with two attached hydrogens (primary N) is 1. The number of furan rings is 1. The minimum absolute atomic E-state index is 0.672. The number of aromatic amines is 1. The molecule has 0 aliphatic rings. The minimum atomic E-state index is 0.672. The maximum Gasteiger partial charge on any atom is 0.107 e. The first-order valence-corrected chi connectivity index (χ1v) is 6.55. The molecule has 0 radical (unpaired) electrons. The van der Waals surface area contributed by atoms with Gasteiger partial charge in [-0.05, 0) is 42.8 Å². The predicted molar refractivity (Wildman–Crippen MR) is 75.0 cm³/mol. The van der Waals surface area contributed by atoms with Crippen LogP contribution in [0.3, 0.4) is 0 Å². The molecule has 2 heterocycles. The summed E-state index contributed by atoms with van der Waals surface area (Å²) in [6.07, 6.45) is 4.32. The molecule has 0 unspecified atom stereocenters. The fraction of sp³-hybridized carbons (Fsp3) is 0.267. The van der Waals surface area contributed by atoms with Gasteiger partial charge in [-0.1, -0.05) is 6.07 Å². The highest BCUT2D eigenvalue weighted by Gasteiger charge is 2.05. The number of imidazole rings is 1. The van der Waals surface area contributed by atoms with Gasteiger partial charge >= 0.3 is 0 Å². The Hall–Kier alpha value is -2.07. The molecular weight excluding hydrogens is 238 g/mol. The van der Waals surface area contributed by atoms with E-state index in [2.05, 4.69) is 22.1 Å². The fourth-order valence-electron chi connectivity index (χ4n) is 2.25. The number of hydrogen-bond donors (Lipinski definition) is 2. The summed E-state index contributed by atoms with van der Waals surface area (Å²) in [4.78, 5) is 7.95. The third-order valence-electron chi connectivity index (χ3n) is 3.22. The molecule has 0 amide bonds. The average Bonchev–Trinajstić information content (AvgIpc) is 3.05. The SMILES string of the molecule is NCCc1ccc2nc(CCc3ccco3)[nH]c2c1. The Morgan fingerprint density at radius 1 is 1.16 bits per heavy atom. The number of fused-ring (bicyclic) bond motifs is 1. The van der Waals surface area contributed by atoms with Crippen molar-refractivity contribution in [2.75, 3.05) is 6.54 Å². The van der Waals surface area contributed by atoms with Crippen molar-refractivity contribution in [1.29, 1.82) is 0 Å². The molecule has 1 aromatic carbocycles. The van der Waals surface area contributed by atoms with Crippen LogP contribution < -0.4 is 5.73 Å². The van der Waals surface area contributed by atoms with Gasteiger partial charge in [0.15, 0.2) is 0 Å². The number of H-pyrrole nitrogens is 1. The lowest BCUT2D eigenvalue weighted by molar-refractivity contribution is 0.507. The molecule has 4 heteroatoms. The minimum Gasteiger partial charge on any atom is -0.469 e. The summed E-state index contributed by atoms with van der Waals surface area (Å²) < 4.78 is 5.32. The van der Waals surface area contributed by atoms with E-state index in [1.54, 1.807) is 6.26 Å². The highest BCUT2D eigenvalue weighted by atomic mass is 16.3. The number of nitrogens with zero attached hydrogens (tertiary/aromatic N) is 1. The normalized spacial score (nSPS) is 11.2. The zero-order valence-corrected chi connectivity index (χ0v) is 10.7. The van der Waals surface area contributed by atoms with E-state index in [0.717, 1.165) is 41.9 Å². The van der Waals surface area contributed by atoms with Gasteiger partial charge in [-0.15, -0.1) is 0 Å². The first-order chi connectivity index (χ1) is 9.35. The van der Waals surface area contributed by atoms with Crippen molar-refractivity contribution in [1.82, 2.24) is 9.97 Å². The topological polar surface area (TPSA) is 67.8 Å². The second-order valence-corrected chi connectivity index (χ2v) is 4.65. The average molecular weight is 255 g/mol. The Balaban J connectivity index is 1.77. The maximum absolute atomic E-state index is 5.58. The molecule has 0 atom stereocenters. The van der Waals surface area contributed by atoms with Crippen molar-refractivity contribution in [3.05, 3.63) is 53.7 Å². The monoisotopic (exact) mass is 255 g/mol. The van der Waals surface area contributed by atoms with Gasteiger partial charge in [0.25, 0.3) is 0 Å². The van der Waals surface area contributed by atoms with Gasteiger partial charge < -0.3 is 15.1 Å². The highest BCUT2D eigenvalue weighted by Crippen LogP contribution is 2.15.